The molecule has 0 spiro atoms. The highest BCUT2D eigenvalue weighted by atomic mass is 32.1. The van der Waals surface area contributed by atoms with Gasteiger partial charge in [0.15, 0.2) is 5.43 Å². The first-order chi connectivity index (χ1) is 8.08. The number of rotatable bonds is 1. The van der Waals surface area contributed by atoms with Gasteiger partial charge >= 0.3 is 11.9 Å². The normalized spacial score (nSPS) is 10.1. The summed E-state index contributed by atoms with van der Waals surface area (Å²) in [4.78, 5) is 33.0. The number of carbonyl (C=O) groups is 2. The Kier molecular flexibility index (Phi) is 2.88. The molecule has 0 atom stereocenters. The fraction of sp³-hybridized carbons (Fsp3) is 0. The van der Waals surface area contributed by atoms with Gasteiger partial charge in [0.2, 0.25) is 0 Å². The van der Waals surface area contributed by atoms with Gasteiger partial charge in [-0.05, 0) is 12.1 Å². The number of hydrogen-bond acceptors (Lipinski definition) is 4. The van der Waals surface area contributed by atoms with Gasteiger partial charge in [-0.1, -0.05) is 12.1 Å². The molecular formula is C11H7NO4S. The number of aliphatic carboxylic acids is 1. The summed E-state index contributed by atoms with van der Waals surface area (Å²) in [7, 11) is 0. The van der Waals surface area contributed by atoms with E-state index in [2.05, 4.69) is 5.32 Å². The van der Waals surface area contributed by atoms with Gasteiger partial charge in [-0.25, -0.2) is 4.79 Å². The highest BCUT2D eigenvalue weighted by molar-refractivity contribution is 7.22. The van der Waals surface area contributed by atoms with Crippen LogP contribution in [0.15, 0.2) is 35.1 Å². The van der Waals surface area contributed by atoms with Crippen molar-refractivity contribution in [2.75, 3.05) is 5.32 Å². The number of carboxylic acid groups (broad SMARTS) is 1. The summed E-state index contributed by atoms with van der Waals surface area (Å²) in [6, 6.07) is 8.13. The lowest BCUT2D eigenvalue weighted by atomic mass is 10.2. The monoisotopic (exact) mass is 249 g/mol. The summed E-state index contributed by atoms with van der Waals surface area (Å²) in [6.45, 7) is 0. The predicted octanol–water partition coefficient (Wildman–Crippen LogP) is 1.28. The van der Waals surface area contributed by atoms with E-state index in [0.717, 1.165) is 11.3 Å². The number of amides is 1. The zero-order valence-corrected chi connectivity index (χ0v) is 9.28. The predicted molar refractivity (Wildman–Crippen MR) is 64.4 cm³/mol. The van der Waals surface area contributed by atoms with Gasteiger partial charge in [0.1, 0.15) is 0 Å². The van der Waals surface area contributed by atoms with Crippen LogP contribution in [0.4, 0.5) is 5.00 Å². The maximum absolute atomic E-state index is 11.7. The number of anilines is 1. The topological polar surface area (TPSA) is 83.5 Å². The Bertz CT molecular complexity index is 662. The van der Waals surface area contributed by atoms with Crippen LogP contribution in [0.1, 0.15) is 0 Å². The number of carbonyl (C=O) groups excluding carboxylic acids is 1. The molecule has 0 aliphatic rings. The van der Waals surface area contributed by atoms with Crippen LogP contribution in [0, 0.1) is 0 Å². The first-order valence-electron chi connectivity index (χ1n) is 4.65. The van der Waals surface area contributed by atoms with Gasteiger partial charge in [0.05, 0.1) is 5.00 Å². The van der Waals surface area contributed by atoms with Crippen molar-refractivity contribution in [3.8, 4) is 0 Å². The molecule has 0 aliphatic heterocycles. The van der Waals surface area contributed by atoms with Crippen molar-refractivity contribution >= 4 is 38.3 Å². The first-order valence-corrected chi connectivity index (χ1v) is 5.47. The van der Waals surface area contributed by atoms with E-state index in [1.165, 1.54) is 6.07 Å². The molecule has 0 fully saturated rings. The molecule has 0 saturated carbocycles. The quantitative estimate of drug-likeness (QED) is 0.746. The second-order valence-electron chi connectivity index (χ2n) is 3.23. The molecule has 17 heavy (non-hydrogen) atoms. The summed E-state index contributed by atoms with van der Waals surface area (Å²) < 4.78 is 0.695. The lowest BCUT2D eigenvalue weighted by Gasteiger charge is -2.02. The first kappa shape index (κ1) is 11.3. The summed E-state index contributed by atoms with van der Waals surface area (Å²) in [6.07, 6.45) is 0. The molecule has 1 aromatic carbocycles. The largest absolute Gasteiger partial charge is 0.474 e. The minimum atomic E-state index is -1.59. The lowest BCUT2D eigenvalue weighted by Crippen LogP contribution is -2.22. The molecular weight excluding hydrogens is 242 g/mol. The maximum atomic E-state index is 11.7. The Morgan fingerprint density at radius 1 is 1.24 bits per heavy atom. The molecule has 0 radical (unpaired) electrons. The molecule has 6 heteroatoms. The van der Waals surface area contributed by atoms with Crippen LogP contribution in [0.2, 0.25) is 0 Å². The molecule has 2 aromatic rings. The van der Waals surface area contributed by atoms with Crippen LogP contribution in [-0.4, -0.2) is 17.0 Å². The Morgan fingerprint density at radius 3 is 2.65 bits per heavy atom. The third-order valence-corrected chi connectivity index (χ3v) is 3.08. The molecule has 0 aliphatic carbocycles. The van der Waals surface area contributed by atoms with Crippen LogP contribution < -0.4 is 10.7 Å². The van der Waals surface area contributed by atoms with E-state index in [1.807, 2.05) is 0 Å². The van der Waals surface area contributed by atoms with E-state index >= 15 is 0 Å². The third-order valence-electron chi connectivity index (χ3n) is 2.07. The molecule has 5 nitrogen and oxygen atoms in total. The maximum Gasteiger partial charge on any atom is 0.394 e. The SMILES string of the molecule is O=C(O)C(=O)Nc1cc(=O)c2ccccc2s1. The Hall–Kier alpha value is -2.21. The summed E-state index contributed by atoms with van der Waals surface area (Å²) in [5.41, 5.74) is -0.250. The fourth-order valence-electron chi connectivity index (χ4n) is 1.33. The molecule has 0 saturated heterocycles. The van der Waals surface area contributed by atoms with Crippen molar-refractivity contribution in [2.45, 2.75) is 0 Å². The molecule has 2 rings (SSSR count). The average Bonchev–Trinajstić information content (AvgIpc) is 2.29. The smallest absolute Gasteiger partial charge is 0.394 e. The second-order valence-corrected chi connectivity index (χ2v) is 4.31. The van der Waals surface area contributed by atoms with E-state index in [9.17, 15) is 14.4 Å². The summed E-state index contributed by atoms with van der Waals surface area (Å²) >= 11 is 1.15. The highest BCUT2D eigenvalue weighted by Crippen LogP contribution is 2.22. The van der Waals surface area contributed by atoms with E-state index < -0.39 is 11.9 Å². The minimum Gasteiger partial charge on any atom is -0.474 e. The molecule has 1 aromatic heterocycles. The Morgan fingerprint density at radius 2 is 1.94 bits per heavy atom. The van der Waals surface area contributed by atoms with Crippen LogP contribution in [0.5, 0.6) is 0 Å². The second kappa shape index (κ2) is 4.34. The molecule has 86 valence electrons. The van der Waals surface area contributed by atoms with Gasteiger partial charge < -0.3 is 10.4 Å². The Balaban J connectivity index is 2.47. The van der Waals surface area contributed by atoms with Crippen molar-refractivity contribution < 1.29 is 14.7 Å². The van der Waals surface area contributed by atoms with Crippen molar-refractivity contribution in [3.05, 3.63) is 40.6 Å². The van der Waals surface area contributed by atoms with Gasteiger partial charge in [0.25, 0.3) is 0 Å². The highest BCUT2D eigenvalue weighted by Gasteiger charge is 2.12. The summed E-state index contributed by atoms with van der Waals surface area (Å²) in [5.74, 6) is -2.74. The van der Waals surface area contributed by atoms with Gasteiger partial charge in [0, 0.05) is 16.2 Å². The third kappa shape index (κ3) is 2.31. The molecule has 1 amide bonds. The van der Waals surface area contributed by atoms with Gasteiger partial charge in [-0.2, -0.15) is 0 Å². The van der Waals surface area contributed by atoms with Crippen molar-refractivity contribution in [1.29, 1.82) is 0 Å². The van der Waals surface area contributed by atoms with Crippen LogP contribution >= 0.6 is 11.3 Å². The molecule has 1 heterocycles. The van der Waals surface area contributed by atoms with Gasteiger partial charge in [-0.15, -0.1) is 11.3 Å². The van der Waals surface area contributed by atoms with Crippen LogP contribution in [0.3, 0.4) is 0 Å². The van der Waals surface area contributed by atoms with Crippen LogP contribution in [-0.2, 0) is 9.59 Å². The number of carboxylic acids is 1. The minimum absolute atomic E-state index is 0.223. The molecule has 2 N–H and O–H groups in total. The van der Waals surface area contributed by atoms with Gasteiger partial charge in [-0.3, -0.25) is 9.59 Å². The summed E-state index contributed by atoms with van der Waals surface area (Å²) in [5, 5.41) is 11.4. The Labute approximate surface area is 99.3 Å². The van der Waals surface area contributed by atoms with Crippen molar-refractivity contribution in [2.24, 2.45) is 0 Å². The van der Waals surface area contributed by atoms with Crippen molar-refractivity contribution in [1.82, 2.24) is 0 Å². The number of hydrogen-bond donors (Lipinski definition) is 2. The van der Waals surface area contributed by atoms with Crippen LogP contribution in [0.25, 0.3) is 10.1 Å². The van der Waals surface area contributed by atoms with E-state index in [4.69, 9.17) is 5.11 Å². The number of fused-ring (bicyclic) bond motifs is 1. The number of benzene rings is 1. The van der Waals surface area contributed by atoms with Crippen molar-refractivity contribution in [3.63, 3.8) is 0 Å². The zero-order chi connectivity index (χ0) is 12.4. The lowest BCUT2D eigenvalue weighted by molar-refractivity contribution is -0.147. The fourth-order valence-corrected chi connectivity index (χ4v) is 2.30. The van der Waals surface area contributed by atoms with E-state index in [0.29, 0.717) is 10.1 Å². The van der Waals surface area contributed by atoms with E-state index in [-0.39, 0.29) is 10.4 Å². The average molecular weight is 249 g/mol. The zero-order valence-electron chi connectivity index (χ0n) is 8.47. The standard InChI is InChI=1S/C11H7NO4S/c13-7-5-9(12-10(14)11(15)16)17-8-4-2-1-3-6(7)8/h1-5H,(H,12,14)(H,15,16). The van der Waals surface area contributed by atoms with E-state index in [1.54, 1.807) is 24.3 Å². The number of nitrogens with one attached hydrogen (secondary N) is 1. The molecule has 0 unspecified atom stereocenters. The molecule has 0 bridgehead atoms.